The molecule has 18 heteroatoms. The largest absolute Gasteiger partial charge is 0.465 e. The first kappa shape index (κ1) is 43.1. The third-order valence-electron chi connectivity index (χ3n) is 12.1. The molecule has 2 aliphatic heterocycles. The van der Waals surface area contributed by atoms with E-state index in [2.05, 4.69) is 4.98 Å². The average molecular weight is 826 g/mol. The second-order valence-corrected chi connectivity index (χ2v) is 15.9. The lowest BCUT2D eigenvalue weighted by molar-refractivity contribution is -0.385. The number of esters is 7. The van der Waals surface area contributed by atoms with Crippen molar-refractivity contribution in [3.63, 3.8) is 0 Å². The minimum Gasteiger partial charge on any atom is -0.465 e. The van der Waals surface area contributed by atoms with Crippen LogP contribution in [-0.2, 0) is 61.9 Å². The Balaban J connectivity index is 1.75. The quantitative estimate of drug-likeness (QED) is 0.298. The number of fused-ring (bicyclic) bond motifs is 5. The molecule has 1 aromatic carbocycles. The Kier molecular flexibility index (Phi) is 11.4. The van der Waals surface area contributed by atoms with Crippen LogP contribution in [0.2, 0.25) is 0 Å². The zero-order valence-electron chi connectivity index (χ0n) is 33.7. The first-order valence-corrected chi connectivity index (χ1v) is 19.0. The first-order chi connectivity index (χ1) is 27.6. The fourth-order valence-electron chi connectivity index (χ4n) is 9.54. The Hall–Kier alpha value is -5.46. The van der Waals surface area contributed by atoms with Gasteiger partial charge in [-0.05, 0) is 38.1 Å². The molecule has 3 heterocycles. The van der Waals surface area contributed by atoms with Gasteiger partial charge in [0.1, 0.15) is 41.5 Å². The second-order valence-electron chi connectivity index (χ2n) is 15.9. The third kappa shape index (κ3) is 6.89. The molecule has 4 aliphatic rings. The molecule has 3 fully saturated rings. The summed E-state index contributed by atoms with van der Waals surface area (Å²) in [7, 11) is 0. The average Bonchev–Trinajstić information content (AvgIpc) is 3.37. The van der Waals surface area contributed by atoms with Crippen LogP contribution in [0.4, 0.5) is 0 Å². The highest BCUT2D eigenvalue weighted by Gasteiger charge is 2.91. The van der Waals surface area contributed by atoms with Crippen LogP contribution >= 0.6 is 0 Å². The van der Waals surface area contributed by atoms with E-state index in [0.29, 0.717) is 0 Å². The molecule has 2 aromatic rings. The van der Waals surface area contributed by atoms with Crippen molar-refractivity contribution in [1.82, 2.24) is 4.98 Å². The number of carbonyl (C=O) groups excluding carboxylic acids is 7. The van der Waals surface area contributed by atoms with Gasteiger partial charge in [0.15, 0.2) is 24.4 Å². The number of nitrogens with zero attached hydrogens (tertiary/aromatic N) is 1. The van der Waals surface area contributed by atoms with Gasteiger partial charge in [0.2, 0.25) is 0 Å². The molecule has 2 saturated carbocycles. The van der Waals surface area contributed by atoms with Gasteiger partial charge < -0.3 is 48.1 Å². The SMILES string of the molecule is CC(=O)OC[C@@]12[C@H](OC(C)=O)[C@@H](OC(C)=O)[C@@H]3[C@@H](O)[C@@]14O[C@@]3(C)COC(=O)c1cccnc1[C@@H](C)[C@H](C)C(=O)O[C@@H]([C@H](OC(C)=O)[C@@H]2OC(=O)c1ccccc1)[C@]4(C)O. The van der Waals surface area contributed by atoms with Gasteiger partial charge in [-0.1, -0.05) is 32.0 Å². The summed E-state index contributed by atoms with van der Waals surface area (Å²) in [4.78, 5) is 99.4. The Morgan fingerprint density at radius 3 is 2.03 bits per heavy atom. The van der Waals surface area contributed by atoms with Crippen LogP contribution in [0.1, 0.15) is 87.7 Å². The molecule has 18 nitrogen and oxygen atoms in total. The number of cyclic esters (lactones) is 1. The lowest BCUT2D eigenvalue weighted by Crippen LogP contribution is -2.89. The number of pyridine rings is 1. The summed E-state index contributed by atoms with van der Waals surface area (Å²) in [6, 6.07) is 10.3. The Morgan fingerprint density at radius 2 is 1.42 bits per heavy atom. The summed E-state index contributed by atoms with van der Waals surface area (Å²) in [6.07, 6.45) is -10.8. The molecule has 0 unspecified atom stereocenters. The van der Waals surface area contributed by atoms with Crippen molar-refractivity contribution in [2.75, 3.05) is 13.2 Å². The maximum Gasteiger partial charge on any atom is 0.340 e. The van der Waals surface area contributed by atoms with E-state index in [1.54, 1.807) is 13.0 Å². The van der Waals surface area contributed by atoms with Crippen LogP contribution in [0, 0.1) is 17.3 Å². The van der Waals surface area contributed by atoms with Gasteiger partial charge in [-0.3, -0.25) is 29.0 Å². The van der Waals surface area contributed by atoms with E-state index in [9.17, 15) is 43.8 Å². The predicted octanol–water partition coefficient (Wildman–Crippen LogP) is 1.76. The summed E-state index contributed by atoms with van der Waals surface area (Å²) in [5.74, 6) is -10.7. The normalized spacial score (nSPS) is 37.4. The lowest BCUT2D eigenvalue weighted by Gasteiger charge is -2.67. The monoisotopic (exact) mass is 825 g/mol. The third-order valence-corrected chi connectivity index (χ3v) is 12.1. The number of aliphatic hydroxyl groups is 2. The van der Waals surface area contributed by atoms with Crippen molar-refractivity contribution < 1.29 is 81.7 Å². The molecule has 1 aromatic heterocycles. The molecule has 2 N–H and O–H groups in total. The number of aromatic nitrogens is 1. The van der Waals surface area contributed by atoms with Gasteiger partial charge in [-0.15, -0.1) is 0 Å². The number of benzene rings is 1. The number of ether oxygens (including phenoxy) is 8. The molecule has 2 aliphatic carbocycles. The van der Waals surface area contributed by atoms with Gasteiger partial charge in [-0.2, -0.15) is 0 Å². The molecule has 0 amide bonds. The molecule has 318 valence electrons. The van der Waals surface area contributed by atoms with Crippen molar-refractivity contribution in [3.05, 3.63) is 65.5 Å². The number of hydrogen-bond acceptors (Lipinski definition) is 18. The van der Waals surface area contributed by atoms with E-state index in [1.807, 2.05) is 0 Å². The van der Waals surface area contributed by atoms with Crippen LogP contribution in [0.5, 0.6) is 0 Å². The highest BCUT2D eigenvalue weighted by Crippen LogP contribution is 2.69. The van der Waals surface area contributed by atoms with E-state index in [1.165, 1.54) is 56.4 Å². The number of rotatable bonds is 7. The minimum absolute atomic E-state index is 0.0311. The molecule has 6 rings (SSSR count). The molecule has 1 saturated heterocycles. The van der Waals surface area contributed by atoms with Crippen molar-refractivity contribution in [1.29, 1.82) is 0 Å². The highest BCUT2D eigenvalue weighted by molar-refractivity contribution is 5.91. The van der Waals surface area contributed by atoms with Gasteiger partial charge in [0.25, 0.3) is 0 Å². The van der Waals surface area contributed by atoms with E-state index in [4.69, 9.17) is 37.9 Å². The molecule has 59 heavy (non-hydrogen) atoms. The molecular formula is C41H47NO17. The van der Waals surface area contributed by atoms with E-state index >= 15 is 0 Å². The fourth-order valence-corrected chi connectivity index (χ4v) is 9.54. The minimum atomic E-state index is -2.82. The van der Waals surface area contributed by atoms with Gasteiger partial charge in [-0.25, -0.2) is 9.59 Å². The summed E-state index contributed by atoms with van der Waals surface area (Å²) >= 11 is 0. The smallest absolute Gasteiger partial charge is 0.340 e. The number of carbonyl (C=O) groups is 7. The molecule has 13 atom stereocenters. The van der Waals surface area contributed by atoms with Crippen LogP contribution < -0.4 is 0 Å². The van der Waals surface area contributed by atoms with Gasteiger partial charge in [0.05, 0.1) is 34.8 Å². The first-order valence-electron chi connectivity index (χ1n) is 19.0. The Bertz CT molecular complexity index is 2040. The van der Waals surface area contributed by atoms with Crippen LogP contribution in [0.3, 0.4) is 0 Å². The van der Waals surface area contributed by atoms with Crippen LogP contribution in [0.15, 0.2) is 48.7 Å². The fraction of sp³-hybridized carbons (Fsp3) is 0.561. The van der Waals surface area contributed by atoms with E-state index in [-0.39, 0.29) is 16.8 Å². The molecule has 1 spiro atoms. The van der Waals surface area contributed by atoms with Crippen molar-refractivity contribution >= 4 is 41.8 Å². The van der Waals surface area contributed by atoms with Crippen molar-refractivity contribution in [3.8, 4) is 0 Å². The van der Waals surface area contributed by atoms with Crippen molar-refractivity contribution in [2.24, 2.45) is 17.3 Å². The summed E-state index contributed by atoms with van der Waals surface area (Å²) in [5.41, 5.74) is -10.2. The predicted molar refractivity (Wildman–Crippen MR) is 196 cm³/mol. The number of hydrogen-bond donors (Lipinski definition) is 2. The van der Waals surface area contributed by atoms with Crippen LogP contribution in [-0.4, -0.2) is 124 Å². The molecule has 4 bridgehead atoms. The topological polar surface area (TPSA) is 247 Å². The van der Waals surface area contributed by atoms with Crippen molar-refractivity contribution in [2.45, 2.75) is 115 Å². The highest BCUT2D eigenvalue weighted by atomic mass is 16.7. The van der Waals surface area contributed by atoms with Gasteiger partial charge in [0, 0.05) is 39.8 Å². The molecule has 0 radical (unpaired) electrons. The maximum atomic E-state index is 14.4. The van der Waals surface area contributed by atoms with Gasteiger partial charge >= 0.3 is 41.8 Å². The summed E-state index contributed by atoms with van der Waals surface area (Å²) < 4.78 is 48.6. The Labute approximate surface area is 338 Å². The second kappa shape index (κ2) is 15.6. The van der Waals surface area contributed by atoms with Crippen LogP contribution in [0.25, 0.3) is 0 Å². The standard InChI is InChI=1S/C41H47NO17/c1-19-20(2)35(48)57-32-30(55-23(5)45)34(58-36(49)25-13-10-9-11-14-25)40(18-52-21(3)43)33(56-24(6)46)29(54-22(4)44)27-31(47)41(40,39(32,8)51)59-38(27,7)17-53-37(50)26-15-12-16-42-28(19)26/h9-16,19-20,27,29-34,47,51H,17-18H2,1-8H3/t19-,20-,27+,29-,30-,31+,32-,33+,34-,38-,39-,40-,41-/m0/s1. The summed E-state index contributed by atoms with van der Waals surface area (Å²) in [5, 5.41) is 26.3. The molecular weight excluding hydrogens is 778 g/mol. The maximum absolute atomic E-state index is 14.4. The van der Waals surface area contributed by atoms with E-state index < -0.39 is 132 Å². The summed E-state index contributed by atoms with van der Waals surface area (Å²) in [6.45, 7) is 7.76. The zero-order chi connectivity index (χ0) is 43.4. The zero-order valence-corrected chi connectivity index (χ0v) is 33.7. The van der Waals surface area contributed by atoms with E-state index in [0.717, 1.165) is 34.6 Å². The Morgan fingerprint density at radius 1 is 0.814 bits per heavy atom. The number of aliphatic hydroxyl groups excluding tert-OH is 1. The lowest BCUT2D eigenvalue weighted by atomic mass is 9.45.